The maximum atomic E-state index is 11.5. The highest BCUT2D eigenvalue weighted by Gasteiger charge is 2.09. The first kappa shape index (κ1) is 20.1. The number of carbonyl (C=O) groups excluding carboxylic acids is 1. The van der Waals surface area contributed by atoms with Crippen molar-refractivity contribution >= 4 is 18.0 Å². The van der Waals surface area contributed by atoms with Gasteiger partial charge in [-0.05, 0) is 37.6 Å². The normalized spacial score (nSPS) is 10.9. The molecule has 0 aliphatic rings. The van der Waals surface area contributed by atoms with Crippen molar-refractivity contribution in [2.45, 2.75) is 20.4 Å². The number of methoxy groups -OCH3 is 1. The zero-order valence-corrected chi connectivity index (χ0v) is 16.6. The molecule has 8 heteroatoms. The van der Waals surface area contributed by atoms with Crippen LogP contribution in [-0.2, 0) is 16.1 Å². The zero-order chi connectivity index (χ0) is 20.6. The molecule has 2 heterocycles. The van der Waals surface area contributed by atoms with Crippen molar-refractivity contribution in [2.24, 2.45) is 0 Å². The maximum absolute atomic E-state index is 11.5. The minimum atomic E-state index is -0.383. The molecule has 1 N–H and O–H groups in total. The van der Waals surface area contributed by atoms with Crippen LogP contribution in [0.3, 0.4) is 0 Å². The number of aromatic nitrogens is 4. The minimum absolute atomic E-state index is 0.342. The van der Waals surface area contributed by atoms with Gasteiger partial charge in [0.1, 0.15) is 5.75 Å². The fourth-order valence-electron chi connectivity index (χ4n) is 2.64. The molecule has 0 radical (unpaired) electrons. The summed E-state index contributed by atoms with van der Waals surface area (Å²) in [5, 5.41) is 7.58. The smallest absolute Gasteiger partial charge is 0.330 e. The van der Waals surface area contributed by atoms with Crippen LogP contribution in [0.25, 0.3) is 11.9 Å². The van der Waals surface area contributed by atoms with E-state index in [4.69, 9.17) is 9.47 Å². The van der Waals surface area contributed by atoms with E-state index in [1.807, 2.05) is 31.2 Å². The molecule has 0 saturated carbocycles. The van der Waals surface area contributed by atoms with Gasteiger partial charge < -0.3 is 14.8 Å². The lowest BCUT2D eigenvalue weighted by Crippen LogP contribution is -2.08. The van der Waals surface area contributed by atoms with Crippen LogP contribution in [0.4, 0.5) is 5.95 Å². The zero-order valence-electron chi connectivity index (χ0n) is 16.6. The molecule has 0 saturated heterocycles. The Morgan fingerprint density at radius 1 is 1.24 bits per heavy atom. The molecule has 2 aromatic heterocycles. The Balaban J connectivity index is 1.71. The molecule has 0 aliphatic heterocycles. The number of hydrogen-bond donors (Lipinski definition) is 1. The Hall–Kier alpha value is -3.68. The number of esters is 1. The van der Waals surface area contributed by atoms with Gasteiger partial charge in [0.05, 0.1) is 25.6 Å². The third kappa shape index (κ3) is 5.19. The SMILES string of the molecule is CCOC(=O)C=Cc1cnn(-c2ccnc(NCc3ccc(OC)cc3)n2)c1C. The average molecular weight is 393 g/mol. The second-order valence-electron chi connectivity index (χ2n) is 6.12. The summed E-state index contributed by atoms with van der Waals surface area (Å²) in [5.74, 6) is 1.56. The van der Waals surface area contributed by atoms with Crippen molar-refractivity contribution in [2.75, 3.05) is 19.0 Å². The second kappa shape index (κ2) is 9.50. The number of ether oxygens (including phenoxy) is 2. The Kier molecular flexibility index (Phi) is 6.57. The van der Waals surface area contributed by atoms with E-state index in [1.54, 1.807) is 43.3 Å². The predicted octanol–water partition coefficient (Wildman–Crippen LogP) is 3.17. The number of hydrogen-bond acceptors (Lipinski definition) is 7. The van der Waals surface area contributed by atoms with Crippen molar-refractivity contribution in [3.05, 3.63) is 65.6 Å². The highest BCUT2D eigenvalue weighted by Crippen LogP contribution is 2.16. The van der Waals surface area contributed by atoms with E-state index >= 15 is 0 Å². The number of benzene rings is 1. The van der Waals surface area contributed by atoms with Crippen LogP contribution in [0.15, 0.2) is 48.8 Å². The molecule has 3 aromatic rings. The largest absolute Gasteiger partial charge is 0.497 e. The molecule has 0 amide bonds. The van der Waals surface area contributed by atoms with Gasteiger partial charge in [-0.3, -0.25) is 0 Å². The van der Waals surface area contributed by atoms with Gasteiger partial charge in [-0.2, -0.15) is 10.1 Å². The molecule has 0 fully saturated rings. The van der Waals surface area contributed by atoms with Crippen molar-refractivity contribution in [1.82, 2.24) is 19.7 Å². The summed E-state index contributed by atoms with van der Waals surface area (Å²) in [5.41, 5.74) is 2.75. The van der Waals surface area contributed by atoms with Crippen molar-refractivity contribution in [3.8, 4) is 11.6 Å². The van der Waals surface area contributed by atoms with E-state index in [2.05, 4.69) is 20.4 Å². The highest BCUT2D eigenvalue weighted by atomic mass is 16.5. The van der Waals surface area contributed by atoms with Gasteiger partial charge in [-0.15, -0.1) is 0 Å². The fraction of sp³-hybridized carbons (Fsp3) is 0.238. The Labute approximate surface area is 169 Å². The molecule has 0 unspecified atom stereocenters. The number of carbonyl (C=O) groups is 1. The first-order chi connectivity index (χ1) is 14.1. The summed E-state index contributed by atoms with van der Waals surface area (Å²) in [7, 11) is 1.64. The van der Waals surface area contributed by atoms with E-state index < -0.39 is 0 Å². The summed E-state index contributed by atoms with van der Waals surface area (Å²) in [6.07, 6.45) is 6.42. The molecule has 8 nitrogen and oxygen atoms in total. The van der Waals surface area contributed by atoms with Gasteiger partial charge in [-0.1, -0.05) is 12.1 Å². The van der Waals surface area contributed by atoms with Crippen molar-refractivity contribution in [3.63, 3.8) is 0 Å². The maximum Gasteiger partial charge on any atom is 0.330 e. The predicted molar refractivity (Wildman–Crippen MR) is 110 cm³/mol. The first-order valence-electron chi connectivity index (χ1n) is 9.20. The third-order valence-electron chi connectivity index (χ3n) is 4.20. The summed E-state index contributed by atoms with van der Waals surface area (Å²) in [6, 6.07) is 9.56. The Morgan fingerprint density at radius 2 is 2.03 bits per heavy atom. The van der Waals surface area contributed by atoms with E-state index in [1.165, 1.54) is 6.08 Å². The quantitative estimate of drug-likeness (QED) is 0.464. The van der Waals surface area contributed by atoms with E-state index in [0.29, 0.717) is 24.9 Å². The summed E-state index contributed by atoms with van der Waals surface area (Å²) in [4.78, 5) is 20.3. The van der Waals surface area contributed by atoms with Gasteiger partial charge in [0.15, 0.2) is 5.82 Å². The molecule has 0 spiro atoms. The van der Waals surface area contributed by atoms with Crippen molar-refractivity contribution < 1.29 is 14.3 Å². The van der Waals surface area contributed by atoms with Gasteiger partial charge in [0.25, 0.3) is 0 Å². The average Bonchev–Trinajstić information content (AvgIpc) is 3.12. The Morgan fingerprint density at radius 3 is 2.76 bits per heavy atom. The van der Waals surface area contributed by atoms with E-state index in [-0.39, 0.29) is 5.97 Å². The molecular weight excluding hydrogens is 370 g/mol. The van der Waals surface area contributed by atoms with Gasteiger partial charge in [0.2, 0.25) is 5.95 Å². The topological polar surface area (TPSA) is 91.2 Å². The standard InChI is InChI=1S/C21H23N5O3/c1-4-29-20(27)10-7-17-14-24-26(15(17)2)19-11-12-22-21(25-19)23-13-16-5-8-18(28-3)9-6-16/h5-12,14H,4,13H2,1-3H3,(H,22,23,25). The second-order valence-corrected chi connectivity index (χ2v) is 6.12. The molecule has 3 rings (SSSR count). The molecule has 0 bridgehead atoms. The molecule has 0 aliphatic carbocycles. The van der Waals surface area contributed by atoms with Crippen LogP contribution >= 0.6 is 0 Å². The van der Waals surface area contributed by atoms with Crippen LogP contribution in [0.5, 0.6) is 5.75 Å². The summed E-state index contributed by atoms with van der Waals surface area (Å²) in [6.45, 7) is 4.60. The van der Waals surface area contributed by atoms with Crippen molar-refractivity contribution in [1.29, 1.82) is 0 Å². The number of nitrogens with one attached hydrogen (secondary N) is 1. The molecule has 1 aromatic carbocycles. The van der Waals surface area contributed by atoms with E-state index in [9.17, 15) is 4.79 Å². The molecule has 150 valence electrons. The third-order valence-corrected chi connectivity index (χ3v) is 4.20. The fourth-order valence-corrected chi connectivity index (χ4v) is 2.64. The number of rotatable bonds is 8. The van der Waals surface area contributed by atoms with Crippen LogP contribution in [-0.4, -0.2) is 39.4 Å². The highest BCUT2D eigenvalue weighted by molar-refractivity contribution is 5.87. The lowest BCUT2D eigenvalue weighted by molar-refractivity contribution is -0.137. The summed E-state index contributed by atoms with van der Waals surface area (Å²) >= 11 is 0. The number of nitrogens with zero attached hydrogens (tertiary/aromatic N) is 4. The van der Waals surface area contributed by atoms with Crippen LogP contribution < -0.4 is 10.1 Å². The monoisotopic (exact) mass is 393 g/mol. The summed E-state index contributed by atoms with van der Waals surface area (Å²) < 4.78 is 11.8. The lowest BCUT2D eigenvalue weighted by atomic mass is 10.2. The van der Waals surface area contributed by atoms with Gasteiger partial charge in [0, 0.05) is 30.4 Å². The van der Waals surface area contributed by atoms with Crippen LogP contribution in [0, 0.1) is 6.92 Å². The van der Waals surface area contributed by atoms with Gasteiger partial charge in [-0.25, -0.2) is 14.5 Å². The lowest BCUT2D eigenvalue weighted by Gasteiger charge is -2.08. The molecular formula is C21H23N5O3. The first-order valence-corrected chi connectivity index (χ1v) is 9.20. The van der Waals surface area contributed by atoms with Gasteiger partial charge >= 0.3 is 5.97 Å². The van der Waals surface area contributed by atoms with Crippen LogP contribution in [0.1, 0.15) is 23.7 Å². The molecule has 29 heavy (non-hydrogen) atoms. The minimum Gasteiger partial charge on any atom is -0.497 e. The molecule has 0 atom stereocenters. The van der Waals surface area contributed by atoms with Crippen LogP contribution in [0.2, 0.25) is 0 Å². The van der Waals surface area contributed by atoms with E-state index in [0.717, 1.165) is 22.6 Å². The Bertz CT molecular complexity index is 996. The number of anilines is 1.